The van der Waals surface area contributed by atoms with Crippen LogP contribution < -0.4 is 10.5 Å². The van der Waals surface area contributed by atoms with Crippen molar-refractivity contribution in [2.45, 2.75) is 6.92 Å². The molecule has 0 unspecified atom stereocenters. The SMILES string of the molecule is Cc1cc(Oc2ccc(C(N)=S)c(Br)c2F)n[nH]1. The molecule has 1 aromatic carbocycles. The molecule has 7 heteroatoms. The molecule has 0 spiro atoms. The largest absolute Gasteiger partial charge is 0.434 e. The van der Waals surface area contributed by atoms with Crippen LogP contribution >= 0.6 is 28.1 Å². The third-order valence-corrected chi connectivity index (χ3v) is 3.20. The minimum absolute atomic E-state index is 0.0494. The number of nitrogens with one attached hydrogen (secondary N) is 1. The normalized spacial score (nSPS) is 10.4. The minimum atomic E-state index is -0.569. The number of hydrogen-bond acceptors (Lipinski definition) is 3. The number of benzene rings is 1. The molecule has 18 heavy (non-hydrogen) atoms. The van der Waals surface area contributed by atoms with Crippen molar-refractivity contribution in [3.63, 3.8) is 0 Å². The van der Waals surface area contributed by atoms with E-state index in [2.05, 4.69) is 26.1 Å². The second kappa shape index (κ2) is 5.03. The standard InChI is InChI=1S/C11H9BrFN3OS/c1-5-4-8(16-15-5)17-7-3-2-6(11(14)18)9(12)10(7)13/h2-4H,1H3,(H2,14,18)(H,15,16). The average Bonchev–Trinajstić information content (AvgIpc) is 2.70. The zero-order valence-electron chi connectivity index (χ0n) is 9.33. The summed E-state index contributed by atoms with van der Waals surface area (Å²) in [6.45, 7) is 1.82. The van der Waals surface area contributed by atoms with Crippen molar-refractivity contribution < 1.29 is 9.13 Å². The summed E-state index contributed by atoms with van der Waals surface area (Å²) in [5.74, 6) is -0.226. The van der Waals surface area contributed by atoms with Crippen molar-refractivity contribution in [1.29, 1.82) is 0 Å². The van der Waals surface area contributed by atoms with Gasteiger partial charge in [-0.05, 0) is 35.0 Å². The Labute approximate surface area is 116 Å². The molecule has 0 amide bonds. The Morgan fingerprint density at radius 2 is 2.28 bits per heavy atom. The van der Waals surface area contributed by atoms with Crippen molar-refractivity contribution in [2.75, 3.05) is 0 Å². The Bertz CT molecular complexity index is 614. The fourth-order valence-electron chi connectivity index (χ4n) is 1.36. The van der Waals surface area contributed by atoms with E-state index in [1.807, 2.05) is 6.92 Å². The maximum absolute atomic E-state index is 14.0. The number of nitrogens with two attached hydrogens (primary N) is 1. The van der Waals surface area contributed by atoms with Crippen LogP contribution in [0.15, 0.2) is 22.7 Å². The zero-order valence-corrected chi connectivity index (χ0v) is 11.7. The summed E-state index contributed by atoms with van der Waals surface area (Å²) in [6.07, 6.45) is 0. The molecule has 1 heterocycles. The molecule has 2 rings (SSSR count). The summed E-state index contributed by atoms with van der Waals surface area (Å²) >= 11 is 7.91. The zero-order chi connectivity index (χ0) is 13.3. The fourth-order valence-corrected chi connectivity index (χ4v) is 2.20. The van der Waals surface area contributed by atoms with Gasteiger partial charge in [0.15, 0.2) is 11.6 Å². The molecule has 0 atom stereocenters. The highest BCUT2D eigenvalue weighted by atomic mass is 79.9. The molecule has 0 bridgehead atoms. The molecule has 0 aliphatic rings. The van der Waals surface area contributed by atoms with Crippen LogP contribution in [0.4, 0.5) is 4.39 Å². The lowest BCUT2D eigenvalue weighted by molar-refractivity contribution is 0.425. The molecule has 3 N–H and O–H groups in total. The summed E-state index contributed by atoms with van der Waals surface area (Å²) in [7, 11) is 0. The van der Waals surface area contributed by atoms with Crippen molar-refractivity contribution >= 4 is 33.1 Å². The van der Waals surface area contributed by atoms with Gasteiger partial charge in [0.05, 0.1) is 4.47 Å². The van der Waals surface area contributed by atoms with Crippen LogP contribution in [-0.4, -0.2) is 15.2 Å². The molecule has 94 valence electrons. The number of hydrogen-bond donors (Lipinski definition) is 2. The summed E-state index contributed by atoms with van der Waals surface area (Å²) in [5, 5.41) is 6.56. The number of rotatable bonds is 3. The van der Waals surface area contributed by atoms with Crippen LogP contribution in [0.3, 0.4) is 0 Å². The number of halogens is 2. The molecular formula is C11H9BrFN3OS. The topological polar surface area (TPSA) is 63.9 Å². The van der Waals surface area contributed by atoms with Gasteiger partial charge in [-0.3, -0.25) is 5.10 Å². The predicted molar refractivity (Wildman–Crippen MR) is 73.4 cm³/mol. The van der Waals surface area contributed by atoms with E-state index in [4.69, 9.17) is 22.7 Å². The van der Waals surface area contributed by atoms with Gasteiger partial charge in [-0.25, -0.2) is 4.39 Å². The third kappa shape index (κ3) is 2.51. The van der Waals surface area contributed by atoms with Gasteiger partial charge in [0.25, 0.3) is 0 Å². The van der Waals surface area contributed by atoms with E-state index >= 15 is 0 Å². The molecule has 0 fully saturated rings. The highest BCUT2D eigenvalue weighted by Crippen LogP contribution is 2.31. The number of thiocarbonyl (C=S) groups is 1. The first-order valence-electron chi connectivity index (χ1n) is 4.96. The molecule has 0 radical (unpaired) electrons. The summed E-state index contributed by atoms with van der Waals surface area (Å²) in [6, 6.07) is 4.71. The third-order valence-electron chi connectivity index (χ3n) is 2.21. The van der Waals surface area contributed by atoms with Gasteiger partial charge in [0, 0.05) is 17.3 Å². The smallest absolute Gasteiger partial charge is 0.238 e. The van der Waals surface area contributed by atoms with Crippen molar-refractivity contribution in [2.24, 2.45) is 5.73 Å². The number of nitrogens with zero attached hydrogens (tertiary/aromatic N) is 1. The maximum atomic E-state index is 14.0. The number of aromatic amines is 1. The highest BCUT2D eigenvalue weighted by molar-refractivity contribution is 9.10. The van der Waals surface area contributed by atoms with Crippen LogP contribution in [0, 0.1) is 12.7 Å². The van der Waals surface area contributed by atoms with E-state index in [9.17, 15) is 4.39 Å². The molecular weight excluding hydrogens is 321 g/mol. The van der Waals surface area contributed by atoms with Crippen LogP contribution in [-0.2, 0) is 0 Å². The van der Waals surface area contributed by atoms with Gasteiger partial charge >= 0.3 is 0 Å². The van der Waals surface area contributed by atoms with Crippen molar-refractivity contribution in [3.8, 4) is 11.6 Å². The first kappa shape index (κ1) is 13.0. The Balaban J connectivity index is 2.35. The Kier molecular flexibility index (Phi) is 3.63. The van der Waals surface area contributed by atoms with E-state index in [1.54, 1.807) is 12.1 Å². The lowest BCUT2D eigenvalue weighted by Crippen LogP contribution is -2.11. The molecule has 2 aromatic rings. The van der Waals surface area contributed by atoms with Gasteiger partial charge < -0.3 is 10.5 Å². The summed E-state index contributed by atoms with van der Waals surface area (Å²) in [5.41, 5.74) is 6.71. The molecule has 0 aliphatic carbocycles. The molecule has 1 aromatic heterocycles. The Morgan fingerprint density at radius 3 is 2.83 bits per heavy atom. The number of aromatic nitrogens is 2. The first-order chi connectivity index (χ1) is 8.49. The summed E-state index contributed by atoms with van der Waals surface area (Å²) < 4.78 is 19.5. The molecule has 0 aliphatic heterocycles. The number of ether oxygens (including phenoxy) is 1. The van der Waals surface area contributed by atoms with Crippen LogP contribution in [0.25, 0.3) is 0 Å². The van der Waals surface area contributed by atoms with Crippen LogP contribution in [0.1, 0.15) is 11.3 Å². The summed E-state index contributed by atoms with van der Waals surface area (Å²) in [4.78, 5) is 0.114. The van der Waals surface area contributed by atoms with E-state index in [0.29, 0.717) is 11.4 Å². The molecule has 4 nitrogen and oxygen atoms in total. The quantitative estimate of drug-likeness (QED) is 0.849. The van der Waals surface area contributed by atoms with Gasteiger partial charge in [-0.15, -0.1) is 5.10 Å². The van der Waals surface area contributed by atoms with Gasteiger partial charge in [-0.1, -0.05) is 12.2 Å². The van der Waals surface area contributed by atoms with Gasteiger partial charge in [0.2, 0.25) is 5.88 Å². The Hall–Kier alpha value is -1.47. The Morgan fingerprint density at radius 1 is 1.56 bits per heavy atom. The lowest BCUT2D eigenvalue weighted by Gasteiger charge is -2.08. The van der Waals surface area contributed by atoms with Crippen LogP contribution in [0.2, 0.25) is 0 Å². The molecule has 0 saturated carbocycles. The van der Waals surface area contributed by atoms with E-state index in [-0.39, 0.29) is 15.2 Å². The van der Waals surface area contributed by atoms with E-state index < -0.39 is 5.82 Å². The van der Waals surface area contributed by atoms with Crippen molar-refractivity contribution in [3.05, 3.63) is 39.7 Å². The molecule has 0 saturated heterocycles. The second-order valence-corrected chi connectivity index (χ2v) is 4.83. The monoisotopic (exact) mass is 329 g/mol. The highest BCUT2D eigenvalue weighted by Gasteiger charge is 2.15. The fraction of sp³-hybridized carbons (Fsp3) is 0.0909. The maximum Gasteiger partial charge on any atom is 0.238 e. The average molecular weight is 330 g/mol. The predicted octanol–water partition coefficient (Wildman–Crippen LogP) is 3.05. The number of aryl methyl sites for hydroxylation is 1. The van der Waals surface area contributed by atoms with E-state index in [1.165, 1.54) is 6.07 Å². The van der Waals surface area contributed by atoms with Crippen molar-refractivity contribution in [1.82, 2.24) is 10.2 Å². The lowest BCUT2D eigenvalue weighted by atomic mass is 10.2. The van der Waals surface area contributed by atoms with Crippen LogP contribution in [0.5, 0.6) is 11.6 Å². The van der Waals surface area contributed by atoms with Gasteiger partial charge in [-0.2, -0.15) is 0 Å². The number of H-pyrrole nitrogens is 1. The minimum Gasteiger partial charge on any atom is -0.434 e. The first-order valence-corrected chi connectivity index (χ1v) is 6.17. The second-order valence-electron chi connectivity index (χ2n) is 3.59. The van der Waals surface area contributed by atoms with Gasteiger partial charge in [0.1, 0.15) is 4.99 Å². The van der Waals surface area contributed by atoms with E-state index in [0.717, 1.165) is 5.69 Å².